The summed E-state index contributed by atoms with van der Waals surface area (Å²) >= 11 is 7.62. The van der Waals surface area contributed by atoms with Gasteiger partial charge < -0.3 is 4.57 Å². The van der Waals surface area contributed by atoms with E-state index in [0.29, 0.717) is 0 Å². The lowest BCUT2D eigenvalue weighted by Gasteiger charge is -2.04. The highest BCUT2D eigenvalue weighted by molar-refractivity contribution is 7.98. The van der Waals surface area contributed by atoms with Crippen LogP contribution in [0.2, 0.25) is 5.02 Å². The minimum Gasteiger partial charge on any atom is -0.319 e. The van der Waals surface area contributed by atoms with E-state index in [2.05, 4.69) is 22.7 Å². The van der Waals surface area contributed by atoms with Gasteiger partial charge in [-0.1, -0.05) is 30.3 Å². The van der Waals surface area contributed by atoms with Gasteiger partial charge in [0.25, 0.3) is 0 Å². The van der Waals surface area contributed by atoms with E-state index >= 15 is 0 Å². The molecule has 2 nitrogen and oxygen atoms in total. The standard InChI is InChI=1S/C11H13ClN2S/c1-3-6-14-10-5-4-8(12)7-9(10)13-11(14)15-2/h4-5,7H,3,6H2,1-2H3. The maximum Gasteiger partial charge on any atom is 0.168 e. The Bertz CT molecular complexity index is 479. The summed E-state index contributed by atoms with van der Waals surface area (Å²) in [7, 11) is 0. The summed E-state index contributed by atoms with van der Waals surface area (Å²) in [6, 6.07) is 5.88. The normalized spacial score (nSPS) is 11.1. The summed E-state index contributed by atoms with van der Waals surface area (Å²) in [5.41, 5.74) is 2.16. The van der Waals surface area contributed by atoms with Crippen LogP contribution in [-0.4, -0.2) is 15.8 Å². The molecule has 0 bridgehead atoms. The lowest BCUT2D eigenvalue weighted by molar-refractivity contribution is 0.639. The summed E-state index contributed by atoms with van der Waals surface area (Å²) in [4.78, 5) is 4.55. The number of imidazole rings is 1. The fourth-order valence-corrected chi connectivity index (χ4v) is 2.44. The molecule has 0 aliphatic carbocycles. The van der Waals surface area contributed by atoms with Crippen LogP contribution in [0.4, 0.5) is 0 Å². The number of rotatable bonds is 3. The van der Waals surface area contributed by atoms with Crippen LogP contribution in [0.1, 0.15) is 13.3 Å². The van der Waals surface area contributed by atoms with E-state index < -0.39 is 0 Å². The third kappa shape index (κ3) is 1.99. The SMILES string of the molecule is CCCn1c(SC)nc2cc(Cl)ccc21. The van der Waals surface area contributed by atoms with Gasteiger partial charge in [-0.2, -0.15) is 0 Å². The van der Waals surface area contributed by atoms with Crippen LogP contribution in [0.15, 0.2) is 23.4 Å². The second kappa shape index (κ2) is 4.45. The number of halogens is 1. The number of hydrogen-bond acceptors (Lipinski definition) is 2. The second-order valence-electron chi connectivity index (χ2n) is 3.38. The molecule has 1 aromatic carbocycles. The predicted octanol–water partition coefficient (Wildman–Crippen LogP) is 3.82. The van der Waals surface area contributed by atoms with Crippen molar-refractivity contribution in [3.63, 3.8) is 0 Å². The fraction of sp³-hybridized carbons (Fsp3) is 0.364. The first kappa shape index (κ1) is 10.8. The molecule has 0 atom stereocenters. The summed E-state index contributed by atoms with van der Waals surface area (Å²) in [6.45, 7) is 3.18. The summed E-state index contributed by atoms with van der Waals surface area (Å²) in [5.74, 6) is 0. The molecule has 0 fully saturated rings. The van der Waals surface area contributed by atoms with E-state index in [-0.39, 0.29) is 0 Å². The highest BCUT2D eigenvalue weighted by Crippen LogP contribution is 2.25. The van der Waals surface area contributed by atoms with Crippen LogP contribution in [0, 0.1) is 0 Å². The van der Waals surface area contributed by atoms with Crippen LogP contribution in [0.3, 0.4) is 0 Å². The summed E-state index contributed by atoms with van der Waals surface area (Å²) < 4.78 is 2.25. The molecular formula is C11H13ClN2S. The van der Waals surface area contributed by atoms with Gasteiger partial charge in [0, 0.05) is 11.6 Å². The van der Waals surface area contributed by atoms with Crippen LogP contribution in [0.25, 0.3) is 11.0 Å². The largest absolute Gasteiger partial charge is 0.319 e. The third-order valence-corrected chi connectivity index (χ3v) is 3.22. The lowest BCUT2D eigenvalue weighted by atomic mass is 10.3. The van der Waals surface area contributed by atoms with Crippen molar-refractivity contribution in [1.82, 2.24) is 9.55 Å². The smallest absolute Gasteiger partial charge is 0.168 e. The number of aryl methyl sites for hydroxylation is 1. The van der Waals surface area contributed by atoms with Gasteiger partial charge in [-0.15, -0.1) is 0 Å². The van der Waals surface area contributed by atoms with Crippen molar-refractivity contribution in [3.8, 4) is 0 Å². The van der Waals surface area contributed by atoms with Gasteiger partial charge in [0.2, 0.25) is 0 Å². The van der Waals surface area contributed by atoms with Crippen molar-refractivity contribution < 1.29 is 0 Å². The molecule has 15 heavy (non-hydrogen) atoms. The Morgan fingerprint density at radius 2 is 2.27 bits per heavy atom. The molecule has 0 saturated carbocycles. The first-order chi connectivity index (χ1) is 7.26. The van der Waals surface area contributed by atoms with E-state index in [0.717, 1.165) is 28.7 Å². The minimum atomic E-state index is 0.747. The molecule has 0 N–H and O–H groups in total. The molecule has 2 rings (SSSR count). The molecule has 0 unspecified atom stereocenters. The maximum absolute atomic E-state index is 5.94. The molecule has 1 heterocycles. The fourth-order valence-electron chi connectivity index (χ4n) is 1.68. The van der Waals surface area contributed by atoms with Gasteiger partial charge in [0.1, 0.15) is 0 Å². The molecule has 4 heteroatoms. The Morgan fingerprint density at radius 3 is 2.93 bits per heavy atom. The number of fused-ring (bicyclic) bond motifs is 1. The van der Waals surface area contributed by atoms with Crippen LogP contribution in [0.5, 0.6) is 0 Å². The number of benzene rings is 1. The van der Waals surface area contributed by atoms with Crippen LogP contribution in [-0.2, 0) is 6.54 Å². The highest BCUT2D eigenvalue weighted by atomic mass is 35.5. The Balaban J connectivity index is 2.63. The zero-order chi connectivity index (χ0) is 10.8. The van der Waals surface area contributed by atoms with Crippen molar-refractivity contribution in [2.75, 3.05) is 6.26 Å². The third-order valence-electron chi connectivity index (χ3n) is 2.31. The minimum absolute atomic E-state index is 0.747. The summed E-state index contributed by atoms with van der Waals surface area (Å²) in [5, 5.41) is 1.81. The Hall–Kier alpha value is -0.670. The number of nitrogens with zero attached hydrogens (tertiary/aromatic N) is 2. The molecule has 80 valence electrons. The average Bonchev–Trinajstić information content (AvgIpc) is 2.56. The molecule has 1 aromatic heterocycles. The first-order valence-corrected chi connectivity index (χ1v) is 6.56. The van der Waals surface area contributed by atoms with Crippen LogP contribution < -0.4 is 0 Å². The molecule has 2 aromatic rings. The van der Waals surface area contributed by atoms with E-state index in [9.17, 15) is 0 Å². The topological polar surface area (TPSA) is 17.8 Å². The Morgan fingerprint density at radius 1 is 1.47 bits per heavy atom. The van der Waals surface area contributed by atoms with Crippen molar-refractivity contribution in [2.24, 2.45) is 0 Å². The lowest BCUT2D eigenvalue weighted by Crippen LogP contribution is -1.97. The van der Waals surface area contributed by atoms with Crippen LogP contribution >= 0.6 is 23.4 Å². The predicted molar refractivity (Wildman–Crippen MR) is 66.8 cm³/mol. The summed E-state index contributed by atoms with van der Waals surface area (Å²) in [6.07, 6.45) is 3.16. The van der Waals surface area contributed by atoms with Crippen molar-refractivity contribution in [2.45, 2.75) is 25.0 Å². The van der Waals surface area contributed by atoms with Crippen molar-refractivity contribution >= 4 is 34.4 Å². The molecular weight excluding hydrogens is 228 g/mol. The zero-order valence-electron chi connectivity index (χ0n) is 8.83. The zero-order valence-corrected chi connectivity index (χ0v) is 10.4. The van der Waals surface area contributed by atoms with Gasteiger partial charge >= 0.3 is 0 Å². The number of aromatic nitrogens is 2. The van der Waals surface area contributed by atoms with E-state index in [4.69, 9.17) is 11.6 Å². The molecule has 0 amide bonds. The average molecular weight is 241 g/mol. The van der Waals surface area contributed by atoms with Gasteiger partial charge in [-0.05, 0) is 30.9 Å². The van der Waals surface area contributed by atoms with Crippen molar-refractivity contribution in [1.29, 1.82) is 0 Å². The molecule has 0 aliphatic heterocycles. The number of hydrogen-bond donors (Lipinski definition) is 0. The van der Waals surface area contributed by atoms with E-state index in [1.165, 1.54) is 5.52 Å². The first-order valence-electron chi connectivity index (χ1n) is 4.96. The van der Waals surface area contributed by atoms with Crippen molar-refractivity contribution in [3.05, 3.63) is 23.2 Å². The van der Waals surface area contributed by atoms with Gasteiger partial charge in [0.15, 0.2) is 5.16 Å². The van der Waals surface area contributed by atoms with Gasteiger partial charge in [-0.25, -0.2) is 4.98 Å². The molecule has 0 aliphatic rings. The molecule has 0 spiro atoms. The van der Waals surface area contributed by atoms with E-state index in [1.807, 2.05) is 18.2 Å². The number of thioether (sulfide) groups is 1. The molecule has 0 radical (unpaired) electrons. The molecule has 0 saturated heterocycles. The maximum atomic E-state index is 5.94. The van der Waals surface area contributed by atoms with Gasteiger partial charge in [-0.3, -0.25) is 0 Å². The quantitative estimate of drug-likeness (QED) is 0.759. The Kier molecular flexibility index (Phi) is 3.22. The Labute approximate surface area is 98.6 Å². The van der Waals surface area contributed by atoms with Gasteiger partial charge in [0.05, 0.1) is 11.0 Å². The van der Waals surface area contributed by atoms with E-state index in [1.54, 1.807) is 11.8 Å². The second-order valence-corrected chi connectivity index (χ2v) is 4.59. The highest BCUT2D eigenvalue weighted by Gasteiger charge is 2.08. The monoisotopic (exact) mass is 240 g/mol.